The SMILES string of the molecule is CCN(CC(=O)N(Cc1cccn1Cc1ccccc1Cl)C1CCCCC1)C(=O)c1ccc(C(F)(F)F)cc1. The normalized spacial score (nSPS) is 14.3. The van der Waals surface area contributed by atoms with Gasteiger partial charge in [0.25, 0.3) is 5.91 Å². The van der Waals surface area contributed by atoms with Crippen molar-refractivity contribution in [2.24, 2.45) is 0 Å². The van der Waals surface area contributed by atoms with Crippen LogP contribution in [0.4, 0.5) is 13.2 Å². The quantitative estimate of drug-likeness (QED) is 0.282. The molecule has 4 rings (SSSR count). The highest BCUT2D eigenvalue weighted by molar-refractivity contribution is 6.31. The third-order valence-electron chi connectivity index (χ3n) is 7.34. The second-order valence-corrected chi connectivity index (χ2v) is 10.3. The van der Waals surface area contributed by atoms with Gasteiger partial charge >= 0.3 is 6.18 Å². The Balaban J connectivity index is 1.52. The second kappa shape index (κ2) is 12.7. The molecular formula is C30H33ClF3N3O2. The zero-order valence-corrected chi connectivity index (χ0v) is 22.7. The molecule has 1 aliphatic carbocycles. The van der Waals surface area contributed by atoms with Crippen LogP contribution in [0.5, 0.6) is 0 Å². The summed E-state index contributed by atoms with van der Waals surface area (Å²) in [6.07, 6.45) is 2.50. The fourth-order valence-corrected chi connectivity index (χ4v) is 5.31. The standard InChI is InChI=1S/C30H33ClF3N3O2/c1-2-35(29(39)22-14-16-24(17-15-22)30(32,33)34)21-28(38)37(25-10-4-3-5-11-25)20-26-12-8-18-36(26)19-23-9-6-7-13-27(23)31/h6-9,12-18,25H,2-5,10-11,19-21H2,1H3. The van der Waals surface area contributed by atoms with Gasteiger partial charge in [0.1, 0.15) is 6.54 Å². The van der Waals surface area contributed by atoms with Crippen molar-refractivity contribution in [3.8, 4) is 0 Å². The molecule has 1 aromatic heterocycles. The number of nitrogens with zero attached hydrogens (tertiary/aromatic N) is 3. The van der Waals surface area contributed by atoms with Crippen LogP contribution in [0.3, 0.4) is 0 Å². The third-order valence-corrected chi connectivity index (χ3v) is 7.71. The molecular weight excluding hydrogens is 527 g/mol. The number of benzene rings is 2. The highest BCUT2D eigenvalue weighted by atomic mass is 35.5. The number of halogens is 4. The Bertz CT molecular complexity index is 1270. The van der Waals surface area contributed by atoms with Crippen molar-refractivity contribution in [2.75, 3.05) is 13.1 Å². The molecule has 2 aromatic carbocycles. The summed E-state index contributed by atoms with van der Waals surface area (Å²) in [4.78, 5) is 30.1. The molecule has 0 bridgehead atoms. The summed E-state index contributed by atoms with van der Waals surface area (Å²) in [7, 11) is 0. The largest absolute Gasteiger partial charge is 0.416 e. The molecule has 1 fully saturated rings. The molecule has 1 saturated carbocycles. The van der Waals surface area contributed by atoms with Crippen LogP contribution in [0.25, 0.3) is 0 Å². The van der Waals surface area contributed by atoms with E-state index in [1.165, 1.54) is 17.0 Å². The maximum absolute atomic E-state index is 13.7. The van der Waals surface area contributed by atoms with Crippen molar-refractivity contribution in [2.45, 2.75) is 64.3 Å². The van der Waals surface area contributed by atoms with Crippen LogP contribution >= 0.6 is 11.6 Å². The minimum Gasteiger partial charge on any atom is -0.345 e. The Morgan fingerprint density at radius 3 is 2.31 bits per heavy atom. The highest BCUT2D eigenvalue weighted by Gasteiger charge is 2.31. The third kappa shape index (κ3) is 7.24. The van der Waals surface area contributed by atoms with Gasteiger partial charge in [0.2, 0.25) is 5.91 Å². The first-order valence-electron chi connectivity index (χ1n) is 13.3. The molecule has 0 atom stereocenters. The number of amides is 2. The summed E-state index contributed by atoms with van der Waals surface area (Å²) >= 11 is 6.38. The average Bonchev–Trinajstić information content (AvgIpc) is 3.37. The minimum absolute atomic E-state index is 0.0646. The number of likely N-dealkylation sites (N-methyl/N-ethyl adjacent to an activating group) is 1. The molecule has 0 radical (unpaired) electrons. The zero-order valence-electron chi connectivity index (χ0n) is 22.0. The molecule has 9 heteroatoms. The van der Waals surface area contributed by atoms with Gasteiger partial charge < -0.3 is 14.4 Å². The number of carbonyl (C=O) groups is 2. The molecule has 1 heterocycles. The van der Waals surface area contributed by atoms with Crippen molar-refractivity contribution >= 4 is 23.4 Å². The van der Waals surface area contributed by atoms with Gasteiger partial charge in [-0.25, -0.2) is 0 Å². The summed E-state index contributed by atoms with van der Waals surface area (Å²) in [5, 5.41) is 0.678. The van der Waals surface area contributed by atoms with E-state index in [-0.39, 0.29) is 30.6 Å². The van der Waals surface area contributed by atoms with Crippen LogP contribution in [-0.2, 0) is 24.1 Å². The number of carbonyl (C=O) groups excluding carboxylic acids is 2. The van der Waals surface area contributed by atoms with Crippen molar-refractivity contribution in [3.05, 3.63) is 94.3 Å². The predicted molar refractivity (Wildman–Crippen MR) is 145 cm³/mol. The minimum atomic E-state index is -4.48. The summed E-state index contributed by atoms with van der Waals surface area (Å²) in [6, 6.07) is 15.8. The van der Waals surface area contributed by atoms with Gasteiger partial charge in [0.05, 0.1) is 12.1 Å². The van der Waals surface area contributed by atoms with Gasteiger partial charge in [-0.15, -0.1) is 0 Å². The summed E-state index contributed by atoms with van der Waals surface area (Å²) in [5.74, 6) is -0.639. The van der Waals surface area contributed by atoms with E-state index < -0.39 is 17.6 Å². The fourth-order valence-electron chi connectivity index (χ4n) is 5.11. The van der Waals surface area contributed by atoms with Gasteiger partial charge in [0, 0.05) is 41.6 Å². The Morgan fingerprint density at radius 2 is 1.67 bits per heavy atom. The molecule has 1 aliphatic rings. The maximum atomic E-state index is 13.7. The van der Waals surface area contributed by atoms with E-state index in [0.29, 0.717) is 18.1 Å². The average molecular weight is 560 g/mol. The fraction of sp³-hybridized carbons (Fsp3) is 0.400. The topological polar surface area (TPSA) is 45.6 Å². The smallest absolute Gasteiger partial charge is 0.345 e. The molecule has 0 unspecified atom stereocenters. The van der Waals surface area contributed by atoms with Gasteiger partial charge in [-0.1, -0.05) is 49.1 Å². The number of aromatic nitrogens is 1. The van der Waals surface area contributed by atoms with Crippen molar-refractivity contribution < 1.29 is 22.8 Å². The summed E-state index contributed by atoms with van der Waals surface area (Å²) in [6.45, 7) is 2.84. The molecule has 39 heavy (non-hydrogen) atoms. The lowest BCUT2D eigenvalue weighted by atomic mass is 9.94. The summed E-state index contributed by atoms with van der Waals surface area (Å²) < 4.78 is 40.9. The van der Waals surface area contributed by atoms with Crippen molar-refractivity contribution in [3.63, 3.8) is 0 Å². The lowest BCUT2D eigenvalue weighted by molar-refractivity contribution is -0.137. The zero-order chi connectivity index (χ0) is 28.0. The van der Waals surface area contributed by atoms with Crippen LogP contribution < -0.4 is 0 Å². The van der Waals surface area contributed by atoms with Crippen LogP contribution in [0.15, 0.2) is 66.9 Å². The van der Waals surface area contributed by atoms with Crippen molar-refractivity contribution in [1.29, 1.82) is 0 Å². The van der Waals surface area contributed by atoms with E-state index in [1.807, 2.05) is 47.5 Å². The number of alkyl halides is 3. The number of rotatable bonds is 9. The Kier molecular flexibility index (Phi) is 9.38. The van der Waals surface area contributed by atoms with E-state index in [4.69, 9.17) is 11.6 Å². The van der Waals surface area contributed by atoms with Crippen LogP contribution in [0.1, 0.15) is 66.2 Å². The van der Waals surface area contributed by atoms with Crippen LogP contribution in [0, 0.1) is 0 Å². The van der Waals surface area contributed by atoms with Gasteiger partial charge in [-0.05, 0) is 67.8 Å². The molecule has 0 spiro atoms. The Morgan fingerprint density at radius 1 is 0.974 bits per heavy atom. The molecule has 5 nitrogen and oxygen atoms in total. The van der Waals surface area contributed by atoms with E-state index >= 15 is 0 Å². The second-order valence-electron chi connectivity index (χ2n) is 9.93. The van der Waals surface area contributed by atoms with E-state index in [2.05, 4.69) is 4.57 Å². The first-order chi connectivity index (χ1) is 18.7. The van der Waals surface area contributed by atoms with E-state index in [1.54, 1.807) is 6.92 Å². The highest BCUT2D eigenvalue weighted by Crippen LogP contribution is 2.29. The maximum Gasteiger partial charge on any atom is 0.416 e. The van der Waals surface area contributed by atoms with Crippen LogP contribution in [0.2, 0.25) is 5.02 Å². The van der Waals surface area contributed by atoms with Gasteiger partial charge in [-0.3, -0.25) is 9.59 Å². The lowest BCUT2D eigenvalue weighted by Gasteiger charge is -2.36. The molecule has 2 amide bonds. The Labute approximate surface area is 232 Å². The van der Waals surface area contributed by atoms with E-state index in [0.717, 1.165) is 55.5 Å². The summed E-state index contributed by atoms with van der Waals surface area (Å²) in [5.41, 5.74) is 1.24. The lowest BCUT2D eigenvalue weighted by Crippen LogP contribution is -2.47. The number of hydrogen-bond acceptors (Lipinski definition) is 2. The number of hydrogen-bond donors (Lipinski definition) is 0. The molecule has 0 saturated heterocycles. The Hall–Kier alpha value is -3.26. The first kappa shape index (κ1) is 28.7. The van der Waals surface area contributed by atoms with Gasteiger partial charge in [-0.2, -0.15) is 13.2 Å². The van der Waals surface area contributed by atoms with Crippen molar-refractivity contribution in [1.82, 2.24) is 14.4 Å². The molecule has 0 aliphatic heterocycles. The molecule has 3 aromatic rings. The van der Waals surface area contributed by atoms with Crippen LogP contribution in [-0.4, -0.2) is 45.3 Å². The predicted octanol–water partition coefficient (Wildman–Crippen LogP) is 7.03. The molecule has 0 N–H and O–H groups in total. The molecule has 208 valence electrons. The van der Waals surface area contributed by atoms with Gasteiger partial charge in [0.15, 0.2) is 0 Å². The monoisotopic (exact) mass is 559 g/mol. The first-order valence-corrected chi connectivity index (χ1v) is 13.7. The van der Waals surface area contributed by atoms with E-state index in [9.17, 15) is 22.8 Å².